The summed E-state index contributed by atoms with van der Waals surface area (Å²) in [5.74, 6) is 0.529. The van der Waals surface area contributed by atoms with Crippen LogP contribution >= 0.6 is 12.2 Å². The van der Waals surface area contributed by atoms with Gasteiger partial charge in [-0.3, -0.25) is 10.1 Å². The van der Waals surface area contributed by atoms with Gasteiger partial charge in [-0.25, -0.2) is 0 Å². The van der Waals surface area contributed by atoms with Crippen molar-refractivity contribution >= 4 is 28.9 Å². The van der Waals surface area contributed by atoms with Gasteiger partial charge < -0.3 is 10.1 Å². The summed E-state index contributed by atoms with van der Waals surface area (Å²) in [5, 5.41) is 5.99. The first-order valence-electron chi connectivity index (χ1n) is 9.18. The van der Waals surface area contributed by atoms with Crippen molar-refractivity contribution in [1.82, 2.24) is 5.32 Å². The van der Waals surface area contributed by atoms with Crippen LogP contribution in [0.15, 0.2) is 48.5 Å². The summed E-state index contributed by atoms with van der Waals surface area (Å²) in [6, 6.07) is 15.1. The van der Waals surface area contributed by atoms with Crippen molar-refractivity contribution in [3.05, 3.63) is 59.7 Å². The highest BCUT2D eigenvalue weighted by atomic mass is 32.1. The zero-order valence-electron chi connectivity index (χ0n) is 16.6. The number of rotatable bonds is 5. The summed E-state index contributed by atoms with van der Waals surface area (Å²) >= 11 is 5.27. The highest BCUT2D eigenvalue weighted by Gasteiger charge is 2.15. The number of thiocarbonyl (C=S) groups is 1. The van der Waals surface area contributed by atoms with Crippen molar-refractivity contribution < 1.29 is 9.53 Å². The van der Waals surface area contributed by atoms with Crippen LogP contribution in [0.5, 0.6) is 5.75 Å². The Morgan fingerprint density at radius 1 is 1.15 bits per heavy atom. The lowest BCUT2D eigenvalue weighted by atomic mass is 9.87. The Morgan fingerprint density at radius 3 is 2.41 bits per heavy atom. The first-order chi connectivity index (χ1) is 12.7. The van der Waals surface area contributed by atoms with Gasteiger partial charge >= 0.3 is 0 Å². The van der Waals surface area contributed by atoms with Crippen LogP contribution < -0.4 is 15.4 Å². The SMILES string of the molecule is CCC(C)Oc1cccc(NC(=S)NC(=O)c2ccc(C(C)(C)C)cc2)c1. The lowest BCUT2D eigenvalue weighted by Crippen LogP contribution is -2.34. The third-order valence-corrected chi connectivity index (χ3v) is 4.45. The summed E-state index contributed by atoms with van der Waals surface area (Å²) in [7, 11) is 0. The fraction of sp³-hybridized carbons (Fsp3) is 0.364. The zero-order valence-corrected chi connectivity index (χ0v) is 17.4. The monoisotopic (exact) mass is 384 g/mol. The van der Waals surface area contributed by atoms with Crippen molar-refractivity contribution in [2.75, 3.05) is 5.32 Å². The average molecular weight is 385 g/mol. The van der Waals surface area contributed by atoms with E-state index in [-0.39, 0.29) is 22.5 Å². The molecule has 2 rings (SSSR count). The number of hydrogen-bond acceptors (Lipinski definition) is 3. The van der Waals surface area contributed by atoms with E-state index in [1.807, 2.05) is 55.5 Å². The summed E-state index contributed by atoms with van der Waals surface area (Å²) < 4.78 is 5.80. The topological polar surface area (TPSA) is 50.4 Å². The van der Waals surface area contributed by atoms with Gasteiger partial charge in [-0.2, -0.15) is 0 Å². The summed E-state index contributed by atoms with van der Waals surface area (Å²) in [5.41, 5.74) is 2.57. The van der Waals surface area contributed by atoms with E-state index in [0.29, 0.717) is 5.56 Å². The van der Waals surface area contributed by atoms with E-state index in [1.165, 1.54) is 5.56 Å². The number of hydrogen-bond donors (Lipinski definition) is 2. The fourth-order valence-electron chi connectivity index (χ4n) is 2.42. The Bertz CT molecular complexity index is 795. The van der Waals surface area contributed by atoms with Gasteiger partial charge in [0.05, 0.1) is 6.10 Å². The van der Waals surface area contributed by atoms with E-state index in [4.69, 9.17) is 17.0 Å². The van der Waals surface area contributed by atoms with Crippen LogP contribution in [0, 0.1) is 0 Å². The smallest absolute Gasteiger partial charge is 0.257 e. The van der Waals surface area contributed by atoms with Crippen molar-refractivity contribution in [3.8, 4) is 5.75 Å². The molecular weight excluding hydrogens is 356 g/mol. The molecule has 2 N–H and O–H groups in total. The molecule has 2 aromatic carbocycles. The summed E-state index contributed by atoms with van der Waals surface area (Å²) in [4.78, 5) is 12.4. The van der Waals surface area contributed by atoms with Crippen LogP contribution in [-0.2, 0) is 5.41 Å². The predicted octanol–water partition coefficient (Wildman–Crippen LogP) is 5.29. The Kier molecular flexibility index (Phi) is 6.97. The maximum atomic E-state index is 12.4. The molecule has 4 nitrogen and oxygen atoms in total. The van der Waals surface area contributed by atoms with E-state index < -0.39 is 0 Å². The second-order valence-corrected chi connectivity index (χ2v) is 8.01. The molecule has 0 aliphatic rings. The molecular formula is C22H28N2O2S. The fourth-order valence-corrected chi connectivity index (χ4v) is 2.63. The standard InChI is InChI=1S/C22H28N2O2S/c1-6-15(2)26-19-9-7-8-18(14-19)23-21(27)24-20(25)16-10-12-17(13-11-16)22(3,4)5/h7-15H,6H2,1-5H3,(H2,23,24,25,27). The van der Waals surface area contributed by atoms with Crippen molar-refractivity contribution in [3.63, 3.8) is 0 Å². The number of benzene rings is 2. The van der Waals surface area contributed by atoms with E-state index in [2.05, 4.69) is 38.3 Å². The van der Waals surface area contributed by atoms with Crippen molar-refractivity contribution in [1.29, 1.82) is 0 Å². The van der Waals surface area contributed by atoms with E-state index >= 15 is 0 Å². The van der Waals surface area contributed by atoms with Crippen LogP contribution in [0.4, 0.5) is 5.69 Å². The minimum Gasteiger partial charge on any atom is -0.491 e. The third kappa shape index (κ3) is 6.36. The first-order valence-corrected chi connectivity index (χ1v) is 9.59. The molecule has 0 bridgehead atoms. The van der Waals surface area contributed by atoms with Gasteiger partial charge in [-0.05, 0) is 60.8 Å². The Balaban J connectivity index is 1.97. The Labute approximate surface area is 167 Å². The van der Waals surface area contributed by atoms with Crippen LogP contribution in [-0.4, -0.2) is 17.1 Å². The largest absolute Gasteiger partial charge is 0.491 e. The van der Waals surface area contributed by atoms with Gasteiger partial charge in [0.15, 0.2) is 5.11 Å². The second-order valence-electron chi connectivity index (χ2n) is 7.60. The lowest BCUT2D eigenvalue weighted by Gasteiger charge is -2.19. The number of ether oxygens (including phenoxy) is 1. The molecule has 0 spiro atoms. The Morgan fingerprint density at radius 2 is 1.81 bits per heavy atom. The molecule has 27 heavy (non-hydrogen) atoms. The lowest BCUT2D eigenvalue weighted by molar-refractivity contribution is 0.0977. The van der Waals surface area contributed by atoms with Gasteiger partial charge in [0.1, 0.15) is 5.75 Å². The van der Waals surface area contributed by atoms with Gasteiger partial charge in [-0.1, -0.05) is 45.9 Å². The quantitative estimate of drug-likeness (QED) is 0.688. The predicted molar refractivity (Wildman–Crippen MR) is 116 cm³/mol. The van der Waals surface area contributed by atoms with Gasteiger partial charge in [0, 0.05) is 17.3 Å². The molecule has 0 fully saturated rings. The van der Waals surface area contributed by atoms with E-state index in [9.17, 15) is 4.79 Å². The van der Waals surface area contributed by atoms with E-state index in [0.717, 1.165) is 17.9 Å². The third-order valence-electron chi connectivity index (χ3n) is 4.24. The molecule has 0 aromatic heterocycles. The highest BCUT2D eigenvalue weighted by molar-refractivity contribution is 7.80. The van der Waals surface area contributed by atoms with Crippen LogP contribution in [0.1, 0.15) is 57.0 Å². The van der Waals surface area contributed by atoms with Crippen LogP contribution in [0.25, 0.3) is 0 Å². The normalized spacial score (nSPS) is 12.2. The zero-order chi connectivity index (χ0) is 20.0. The number of amides is 1. The summed E-state index contributed by atoms with van der Waals surface area (Å²) in [6.07, 6.45) is 1.07. The minimum atomic E-state index is -0.236. The molecule has 0 aliphatic carbocycles. The first kappa shape index (κ1) is 20.9. The molecule has 1 amide bonds. The van der Waals surface area contributed by atoms with Gasteiger partial charge in [0.25, 0.3) is 5.91 Å². The highest BCUT2D eigenvalue weighted by Crippen LogP contribution is 2.22. The molecule has 1 atom stereocenters. The van der Waals surface area contributed by atoms with E-state index in [1.54, 1.807) is 0 Å². The van der Waals surface area contributed by atoms with Crippen LogP contribution in [0.2, 0.25) is 0 Å². The average Bonchev–Trinajstić information content (AvgIpc) is 2.61. The summed E-state index contributed by atoms with van der Waals surface area (Å²) in [6.45, 7) is 10.5. The minimum absolute atomic E-state index is 0.0498. The number of carbonyl (C=O) groups is 1. The molecule has 0 saturated carbocycles. The number of carbonyl (C=O) groups excluding carboxylic acids is 1. The maximum Gasteiger partial charge on any atom is 0.257 e. The number of anilines is 1. The number of nitrogens with one attached hydrogen (secondary N) is 2. The second kappa shape index (κ2) is 9.00. The molecule has 5 heteroatoms. The molecule has 1 unspecified atom stereocenters. The Hall–Kier alpha value is -2.40. The molecule has 0 radical (unpaired) electrons. The van der Waals surface area contributed by atoms with Gasteiger partial charge in [-0.15, -0.1) is 0 Å². The molecule has 2 aromatic rings. The van der Waals surface area contributed by atoms with Gasteiger partial charge in [0.2, 0.25) is 0 Å². The molecule has 144 valence electrons. The van der Waals surface area contributed by atoms with Crippen LogP contribution in [0.3, 0.4) is 0 Å². The maximum absolute atomic E-state index is 12.4. The molecule has 0 heterocycles. The van der Waals surface area contributed by atoms with Crippen molar-refractivity contribution in [2.24, 2.45) is 0 Å². The molecule has 0 aliphatic heterocycles. The molecule has 0 saturated heterocycles. The van der Waals surface area contributed by atoms with Crippen molar-refractivity contribution in [2.45, 2.75) is 52.6 Å².